The molecular formula is C38H34FN7O5. The van der Waals surface area contributed by atoms with Gasteiger partial charge in [-0.3, -0.25) is 14.4 Å². The zero-order chi connectivity index (χ0) is 36.4. The number of anilines is 1. The van der Waals surface area contributed by atoms with Crippen molar-refractivity contribution >= 4 is 35.5 Å². The molecule has 5 aromatic rings. The topological polar surface area (TPSA) is 159 Å². The van der Waals surface area contributed by atoms with Gasteiger partial charge in [-0.2, -0.15) is 4.68 Å². The summed E-state index contributed by atoms with van der Waals surface area (Å²) in [7, 11) is 1.56. The van der Waals surface area contributed by atoms with Crippen LogP contribution in [0.5, 0.6) is 0 Å². The molecule has 3 amide bonds. The third kappa shape index (κ3) is 6.73. The summed E-state index contributed by atoms with van der Waals surface area (Å²) in [5.41, 5.74) is 3.80. The number of fused-ring (bicyclic) bond motifs is 1. The molecule has 6 rings (SSSR count). The van der Waals surface area contributed by atoms with Crippen LogP contribution in [0.25, 0.3) is 22.9 Å². The molecule has 1 aromatic heterocycles. The molecule has 3 N–H and O–H groups in total. The van der Waals surface area contributed by atoms with Gasteiger partial charge in [0.05, 0.1) is 11.3 Å². The number of aromatic nitrogens is 4. The number of benzene rings is 4. The number of carbonyl (C=O) groups excluding carboxylic acids is 3. The number of carboxylic acids is 1. The number of carbonyl (C=O) groups is 4. The molecular weight excluding hydrogens is 653 g/mol. The van der Waals surface area contributed by atoms with Gasteiger partial charge in [-0.1, -0.05) is 36.4 Å². The standard InChI is InChI=1S/C38H34FN7O5/c1-22-8-18-31(45-21-41-43-44-45)29(33(22)39)17-19-32(47)46-34(36(49)42-26-15-13-25(14-16-26)37(50)51)28-7-5-6-27(30(28)20-38(46,2)3)23-9-11-24(12-10-23)35(48)40-4/h5-19,21,34H,20H2,1-4H3,(H,40,48)(H,42,49)(H,50,51)/b19-17+/t34-/m1/s1. The highest BCUT2D eigenvalue weighted by molar-refractivity contribution is 6.02. The maximum Gasteiger partial charge on any atom is 0.335 e. The Morgan fingerprint density at radius 1 is 0.961 bits per heavy atom. The number of nitrogens with one attached hydrogen (secondary N) is 2. The van der Waals surface area contributed by atoms with Gasteiger partial charge in [0.1, 0.15) is 18.2 Å². The van der Waals surface area contributed by atoms with Gasteiger partial charge in [-0.15, -0.1) is 5.10 Å². The van der Waals surface area contributed by atoms with E-state index < -0.39 is 35.2 Å². The lowest BCUT2D eigenvalue weighted by Crippen LogP contribution is -2.56. The number of aryl methyl sites for hydroxylation is 1. The van der Waals surface area contributed by atoms with E-state index in [1.807, 2.05) is 32.0 Å². The highest BCUT2D eigenvalue weighted by Crippen LogP contribution is 2.43. The van der Waals surface area contributed by atoms with Gasteiger partial charge >= 0.3 is 5.97 Å². The van der Waals surface area contributed by atoms with Crippen LogP contribution in [0.3, 0.4) is 0 Å². The van der Waals surface area contributed by atoms with Crippen molar-refractivity contribution in [1.82, 2.24) is 30.4 Å². The number of aromatic carboxylic acids is 1. The Morgan fingerprint density at radius 3 is 2.31 bits per heavy atom. The lowest BCUT2D eigenvalue weighted by atomic mass is 9.77. The van der Waals surface area contributed by atoms with Crippen molar-refractivity contribution in [3.05, 3.63) is 130 Å². The van der Waals surface area contributed by atoms with E-state index in [4.69, 9.17) is 0 Å². The number of tetrazole rings is 1. The van der Waals surface area contributed by atoms with E-state index in [9.17, 15) is 24.3 Å². The average Bonchev–Trinajstić information content (AvgIpc) is 3.66. The molecule has 258 valence electrons. The van der Waals surface area contributed by atoms with E-state index in [1.165, 1.54) is 52.3 Å². The van der Waals surface area contributed by atoms with Gasteiger partial charge in [0.2, 0.25) is 5.91 Å². The molecule has 0 fully saturated rings. The first-order valence-electron chi connectivity index (χ1n) is 16.0. The Bertz CT molecular complexity index is 2180. The highest BCUT2D eigenvalue weighted by Gasteiger charge is 2.46. The van der Waals surface area contributed by atoms with Crippen molar-refractivity contribution in [2.45, 2.75) is 38.8 Å². The molecule has 0 saturated heterocycles. The molecule has 12 nitrogen and oxygen atoms in total. The number of carboxylic acid groups (broad SMARTS) is 1. The third-order valence-corrected chi connectivity index (χ3v) is 8.94. The lowest BCUT2D eigenvalue weighted by molar-refractivity contribution is -0.142. The van der Waals surface area contributed by atoms with E-state index in [0.717, 1.165) is 16.7 Å². The molecule has 1 aliphatic rings. The third-order valence-electron chi connectivity index (χ3n) is 8.94. The molecule has 1 aliphatic heterocycles. The Morgan fingerprint density at radius 2 is 1.67 bits per heavy atom. The van der Waals surface area contributed by atoms with Crippen molar-refractivity contribution < 1.29 is 28.7 Å². The fourth-order valence-corrected chi connectivity index (χ4v) is 6.43. The summed E-state index contributed by atoms with van der Waals surface area (Å²) in [5.74, 6) is -2.96. The van der Waals surface area contributed by atoms with Crippen LogP contribution in [0.15, 0.2) is 91.3 Å². The van der Waals surface area contributed by atoms with Gasteiger partial charge in [-0.05, 0) is 114 Å². The van der Waals surface area contributed by atoms with E-state index in [2.05, 4.69) is 26.2 Å². The summed E-state index contributed by atoms with van der Waals surface area (Å²) in [6.45, 7) is 5.32. The Hall–Kier alpha value is -6.50. The van der Waals surface area contributed by atoms with Crippen LogP contribution in [0.1, 0.15) is 62.9 Å². The van der Waals surface area contributed by atoms with Crippen LogP contribution in [0, 0.1) is 12.7 Å². The van der Waals surface area contributed by atoms with Crippen LogP contribution in [-0.2, 0) is 16.0 Å². The highest BCUT2D eigenvalue weighted by atomic mass is 19.1. The normalized spacial score (nSPS) is 14.9. The monoisotopic (exact) mass is 687 g/mol. The number of hydrogen-bond acceptors (Lipinski definition) is 7. The van der Waals surface area contributed by atoms with Crippen LogP contribution in [-0.4, -0.2) is 66.5 Å². The minimum Gasteiger partial charge on any atom is -0.478 e. The van der Waals surface area contributed by atoms with E-state index in [1.54, 1.807) is 50.4 Å². The fourth-order valence-electron chi connectivity index (χ4n) is 6.43. The summed E-state index contributed by atoms with van der Waals surface area (Å²) in [5, 5.41) is 26.0. The summed E-state index contributed by atoms with van der Waals surface area (Å²) in [4.78, 5) is 53.8. The molecule has 0 spiro atoms. The predicted molar refractivity (Wildman–Crippen MR) is 188 cm³/mol. The first kappa shape index (κ1) is 34.4. The lowest BCUT2D eigenvalue weighted by Gasteiger charge is -2.48. The van der Waals surface area contributed by atoms with Crippen molar-refractivity contribution in [2.75, 3.05) is 12.4 Å². The van der Waals surface area contributed by atoms with Crippen LogP contribution < -0.4 is 10.6 Å². The van der Waals surface area contributed by atoms with Gasteiger partial charge in [0.25, 0.3) is 11.8 Å². The van der Waals surface area contributed by atoms with Gasteiger partial charge < -0.3 is 20.6 Å². The summed E-state index contributed by atoms with van der Waals surface area (Å²) in [6, 6.07) is 20.5. The molecule has 0 radical (unpaired) electrons. The Kier molecular flexibility index (Phi) is 9.29. The number of halogens is 1. The maximum absolute atomic E-state index is 15.5. The van der Waals surface area contributed by atoms with Crippen LogP contribution >= 0.6 is 0 Å². The van der Waals surface area contributed by atoms with Crippen molar-refractivity contribution in [3.63, 3.8) is 0 Å². The zero-order valence-electron chi connectivity index (χ0n) is 28.2. The summed E-state index contributed by atoms with van der Waals surface area (Å²) in [6.07, 6.45) is 4.28. The molecule has 4 aromatic carbocycles. The maximum atomic E-state index is 15.5. The molecule has 0 saturated carbocycles. The quantitative estimate of drug-likeness (QED) is 0.183. The average molecular weight is 688 g/mol. The SMILES string of the molecule is CNC(=O)c1ccc(-c2cccc3c2CC(C)(C)N(C(=O)/C=C/c2c(-n4cnnn4)ccc(C)c2F)[C@H]3C(=O)Nc2ccc(C(=O)O)cc2)cc1. The zero-order valence-corrected chi connectivity index (χ0v) is 28.2. The van der Waals surface area contributed by atoms with Gasteiger partial charge in [0, 0.05) is 35.5 Å². The second kappa shape index (κ2) is 13.8. The van der Waals surface area contributed by atoms with Crippen LogP contribution in [0.2, 0.25) is 0 Å². The first-order chi connectivity index (χ1) is 24.4. The van der Waals surface area contributed by atoms with E-state index in [-0.39, 0.29) is 17.0 Å². The molecule has 1 atom stereocenters. The molecule has 2 heterocycles. The molecule has 0 aliphatic carbocycles. The molecule has 13 heteroatoms. The minimum atomic E-state index is -1.15. The Labute approximate surface area is 292 Å². The number of hydrogen-bond donors (Lipinski definition) is 3. The second-order valence-corrected chi connectivity index (χ2v) is 12.7. The van der Waals surface area contributed by atoms with Gasteiger partial charge in [-0.25, -0.2) is 9.18 Å². The molecule has 51 heavy (non-hydrogen) atoms. The van der Waals surface area contributed by atoms with E-state index >= 15 is 4.39 Å². The first-order valence-corrected chi connectivity index (χ1v) is 16.0. The fraction of sp³-hybridized carbons (Fsp3) is 0.184. The van der Waals surface area contributed by atoms with Crippen molar-refractivity contribution in [2.24, 2.45) is 0 Å². The van der Waals surface area contributed by atoms with Crippen molar-refractivity contribution in [3.8, 4) is 16.8 Å². The molecule has 0 unspecified atom stereocenters. The second-order valence-electron chi connectivity index (χ2n) is 12.7. The number of nitrogens with zero attached hydrogens (tertiary/aromatic N) is 5. The molecule has 0 bridgehead atoms. The van der Waals surface area contributed by atoms with Gasteiger partial charge in [0.15, 0.2) is 0 Å². The smallest absolute Gasteiger partial charge is 0.335 e. The number of amides is 3. The number of rotatable bonds is 8. The van der Waals surface area contributed by atoms with E-state index in [0.29, 0.717) is 34.5 Å². The largest absolute Gasteiger partial charge is 0.478 e. The minimum absolute atomic E-state index is 0.0515. The predicted octanol–water partition coefficient (Wildman–Crippen LogP) is 5.39. The summed E-state index contributed by atoms with van der Waals surface area (Å²) < 4.78 is 16.8. The Balaban J connectivity index is 1.44. The van der Waals surface area contributed by atoms with Crippen LogP contribution in [0.4, 0.5) is 10.1 Å². The van der Waals surface area contributed by atoms with Crippen molar-refractivity contribution in [1.29, 1.82) is 0 Å². The summed E-state index contributed by atoms with van der Waals surface area (Å²) >= 11 is 0.